The minimum Gasteiger partial charge on any atom is -0.480 e. The van der Waals surface area contributed by atoms with Gasteiger partial charge in [0.1, 0.15) is 0 Å². The zero-order chi connectivity index (χ0) is 88.4. The fourth-order valence-electron chi connectivity index (χ4n) is 16.1. The second-order valence-electron chi connectivity index (χ2n) is 41.0. The molecule has 5 aliphatic rings. The number of carboxylic acids is 5. The fraction of sp³-hybridized carbons (Fsp3) is 0.937. The van der Waals surface area contributed by atoms with Crippen molar-refractivity contribution in [3.05, 3.63) is 0 Å². The number of hydroxylamine groups is 10. The Morgan fingerprint density at radius 3 is 0.473 bits per heavy atom. The van der Waals surface area contributed by atoms with Crippen LogP contribution in [0.3, 0.4) is 0 Å². The molecule has 0 bridgehead atoms. The van der Waals surface area contributed by atoms with Crippen LogP contribution in [-0.4, -0.2) is 352 Å². The van der Waals surface area contributed by atoms with Gasteiger partial charge in [-0.15, -0.1) is 0 Å². The van der Waals surface area contributed by atoms with E-state index in [1.165, 1.54) is 4.90 Å². The second kappa shape index (κ2) is 42.4. The lowest BCUT2D eigenvalue weighted by atomic mass is 9.80. The third kappa shape index (κ3) is 42.7. The number of hydrogen-bond donors (Lipinski definition) is 15. The van der Waals surface area contributed by atoms with Crippen molar-refractivity contribution >= 4 is 29.8 Å². The van der Waals surface area contributed by atoms with Gasteiger partial charge in [0.25, 0.3) is 0 Å². The number of aliphatic hydroxyl groups excluding tert-OH is 5. The molecule has 664 valence electrons. The molecule has 0 saturated carbocycles. The summed E-state index contributed by atoms with van der Waals surface area (Å²) in [4.78, 5) is 86.6. The first-order chi connectivity index (χ1) is 49.7. The van der Waals surface area contributed by atoms with Crippen molar-refractivity contribution in [2.45, 2.75) is 386 Å². The molecule has 0 amide bonds. The minimum absolute atomic E-state index is 0.000836. The van der Waals surface area contributed by atoms with Gasteiger partial charge in [0, 0.05) is 81.6 Å². The Hall–Kier alpha value is -3.57. The molecule has 112 heavy (non-hydrogen) atoms. The molecule has 5 saturated heterocycles. The summed E-state index contributed by atoms with van der Waals surface area (Å²) in [6, 6.07) is 0. The van der Waals surface area contributed by atoms with Crippen LogP contribution in [0.1, 0.15) is 272 Å². The molecule has 0 spiro atoms. The van der Waals surface area contributed by atoms with E-state index in [2.05, 4.69) is 138 Å². The second-order valence-corrected chi connectivity index (χ2v) is 41.0. The van der Waals surface area contributed by atoms with E-state index in [1.54, 1.807) is 69.2 Å². The minimum atomic E-state index is -1.24. The van der Waals surface area contributed by atoms with Crippen molar-refractivity contribution < 1.29 is 125 Å². The fourth-order valence-corrected chi connectivity index (χ4v) is 16.1. The molecule has 33 nitrogen and oxygen atoms in total. The highest BCUT2D eigenvalue weighted by Gasteiger charge is 2.52. The van der Waals surface area contributed by atoms with Crippen LogP contribution in [0.5, 0.6) is 0 Å². The third-order valence-corrected chi connectivity index (χ3v) is 18.8. The van der Waals surface area contributed by atoms with Crippen LogP contribution >= 0.6 is 0 Å². The highest BCUT2D eigenvalue weighted by atomic mass is 16.7. The summed E-state index contributed by atoms with van der Waals surface area (Å²) in [5, 5.41) is 152. The summed E-state index contributed by atoms with van der Waals surface area (Å²) >= 11 is 0. The maximum absolute atomic E-state index is 11.0. The molecule has 0 atom stereocenters. The monoisotopic (exact) mass is 1620 g/mol. The number of hydrogen-bond acceptors (Lipinski definition) is 28. The number of rotatable bonds is 31. The van der Waals surface area contributed by atoms with Gasteiger partial charge in [0.2, 0.25) is 0 Å². The van der Waals surface area contributed by atoms with E-state index in [-0.39, 0.29) is 145 Å². The maximum Gasteiger partial charge on any atom is 0.317 e. The summed E-state index contributed by atoms with van der Waals surface area (Å²) in [6.45, 7) is 57.0. The van der Waals surface area contributed by atoms with Gasteiger partial charge in [-0.3, -0.25) is 62.9 Å². The maximum atomic E-state index is 11.0. The van der Waals surface area contributed by atoms with E-state index < -0.39 is 90.6 Å². The topological polar surface area (TPSA) is 461 Å². The molecular formula is C79H158N8O25. The van der Waals surface area contributed by atoms with Crippen LogP contribution in [0.15, 0.2) is 0 Å². The highest BCUT2D eigenvalue weighted by molar-refractivity contribution is 5.73. The molecule has 5 rings (SSSR count). The molecule has 0 aromatic rings. The highest BCUT2D eigenvalue weighted by Crippen LogP contribution is 2.44. The summed E-state index contributed by atoms with van der Waals surface area (Å²) in [6.07, 6.45) is 5.38. The third-order valence-electron chi connectivity index (χ3n) is 18.8. The number of aliphatic hydroxyl groups is 10. The van der Waals surface area contributed by atoms with Gasteiger partial charge in [-0.05, 0) is 272 Å². The average Bonchev–Trinajstić information content (AvgIpc) is 0.802. The van der Waals surface area contributed by atoms with Crippen LogP contribution < -0.4 is 0 Å². The van der Waals surface area contributed by atoms with Crippen molar-refractivity contribution in [1.29, 1.82) is 0 Å². The Morgan fingerprint density at radius 1 is 0.259 bits per heavy atom. The van der Waals surface area contributed by atoms with Crippen molar-refractivity contribution in [1.82, 2.24) is 40.0 Å². The summed E-state index contributed by atoms with van der Waals surface area (Å²) in [7, 11) is 0. The lowest BCUT2D eigenvalue weighted by Crippen LogP contribution is -2.62. The van der Waals surface area contributed by atoms with Crippen LogP contribution in [0.4, 0.5) is 0 Å². The van der Waals surface area contributed by atoms with Crippen molar-refractivity contribution in [2.24, 2.45) is 0 Å². The molecule has 0 aliphatic carbocycles. The van der Waals surface area contributed by atoms with E-state index in [4.69, 9.17) is 49.7 Å². The molecule has 5 heterocycles. The normalized spacial score (nSPS) is 22.5. The van der Waals surface area contributed by atoms with Gasteiger partial charge in [-0.25, -0.2) is 0 Å². The first kappa shape index (κ1) is 108. The van der Waals surface area contributed by atoms with Crippen LogP contribution in [0.2, 0.25) is 0 Å². The van der Waals surface area contributed by atoms with E-state index in [1.807, 2.05) is 25.3 Å². The first-order valence-electron chi connectivity index (χ1n) is 39.1. The lowest BCUT2D eigenvalue weighted by molar-refractivity contribution is -0.306. The summed E-state index contributed by atoms with van der Waals surface area (Å²) in [5.74, 6) is -6.16. The Bertz CT molecular complexity index is 2370. The van der Waals surface area contributed by atoms with E-state index in [9.17, 15) is 75.0 Å². The number of nitrogens with zero attached hydrogens (tertiary/aromatic N) is 8. The first-order valence-corrected chi connectivity index (χ1v) is 39.1. The molecular weight excluding hydrogens is 1460 g/mol. The Morgan fingerprint density at radius 2 is 0.366 bits per heavy atom. The van der Waals surface area contributed by atoms with Gasteiger partial charge in [0.15, 0.2) is 0 Å². The van der Waals surface area contributed by atoms with Gasteiger partial charge in [-0.2, -0.15) is 25.3 Å². The summed E-state index contributed by atoms with van der Waals surface area (Å²) in [5.41, 5.74) is -6.52. The van der Waals surface area contributed by atoms with Gasteiger partial charge >= 0.3 is 29.8 Å². The lowest BCUT2D eigenvalue weighted by Gasteiger charge is -2.53. The SMILES string of the molecule is CC(C)(O)CON1C(C)(C)CC(O)CC1(C)C.CC(C)(O)CON1C(C)(C)CC(O)CC1(C)C.CC(C)(O)CON1C(C)(C)CC(O)CC1(C)C.CC(C)(O)CON1C(C)(C)CC(O)CC1(C)C.CC(C)(O)CON1C(C)(C)CC(O)CC1(C)C.O=C(O)CN(CCN(CC(=O)O)CC(=O)O)CCN(CC(=O)O)CC(=O)O. The van der Waals surface area contributed by atoms with E-state index in [0.717, 1.165) is 9.80 Å². The van der Waals surface area contributed by atoms with Gasteiger partial charge < -0.3 is 76.6 Å². The van der Waals surface area contributed by atoms with E-state index >= 15 is 0 Å². The molecule has 0 radical (unpaired) electrons. The van der Waals surface area contributed by atoms with Crippen molar-refractivity contribution in [3.63, 3.8) is 0 Å². The Kier molecular flexibility index (Phi) is 41.0. The van der Waals surface area contributed by atoms with Crippen molar-refractivity contribution in [2.75, 3.05) is 91.9 Å². The number of aliphatic carboxylic acids is 5. The largest absolute Gasteiger partial charge is 0.480 e. The van der Waals surface area contributed by atoms with Crippen LogP contribution in [-0.2, 0) is 48.2 Å². The molecule has 0 aromatic carbocycles. The smallest absolute Gasteiger partial charge is 0.317 e. The average molecular weight is 1620 g/mol. The van der Waals surface area contributed by atoms with Crippen LogP contribution in [0.25, 0.3) is 0 Å². The van der Waals surface area contributed by atoms with E-state index in [0.29, 0.717) is 64.2 Å². The number of piperidine rings is 5. The predicted molar refractivity (Wildman–Crippen MR) is 425 cm³/mol. The predicted octanol–water partition coefficient (Wildman–Crippen LogP) is 5.83. The molecule has 0 unspecified atom stereocenters. The molecule has 5 aliphatic heterocycles. The standard InChI is InChI=1S/C14H23N3O10.5C13H27NO3/c18-10(19)5-15(1-3-16(6-11(20)21)7-12(22)23)2-4-17(8-13(24)25)9-14(26)27;5*1-11(2)7-10(15)8-12(3,4)14(11)17-9-13(5,6)16/h1-9H2,(H,18,19)(H,20,21)(H,22,23)(H,24,25)(H,26,27);5*10,15-16H,7-9H2,1-6H3. The van der Waals surface area contributed by atoms with Crippen LogP contribution in [0, 0.1) is 0 Å². The zero-order valence-electron chi connectivity index (χ0n) is 74.2. The van der Waals surface area contributed by atoms with Gasteiger partial charge in [0.05, 0.1) is 124 Å². The number of carboxylic acid groups (broad SMARTS) is 5. The van der Waals surface area contributed by atoms with Gasteiger partial charge in [-0.1, -0.05) is 0 Å². The quantitative estimate of drug-likeness (QED) is 0.0388. The molecule has 0 aromatic heterocycles. The molecule has 33 heteroatoms. The van der Waals surface area contributed by atoms with Crippen molar-refractivity contribution in [3.8, 4) is 0 Å². The Labute approximate surface area is 669 Å². The summed E-state index contributed by atoms with van der Waals surface area (Å²) < 4.78 is 0. The Balaban J connectivity index is 0.00000133. The molecule has 5 fully saturated rings. The number of carbonyl (C=O) groups is 5. The zero-order valence-corrected chi connectivity index (χ0v) is 74.2. The molecule has 15 N–H and O–H groups in total.